The molecule has 0 aromatic rings. The Labute approximate surface area is 99.1 Å². The van der Waals surface area contributed by atoms with Crippen LogP contribution in [0.5, 0.6) is 0 Å². The number of aliphatic hydroxyl groups is 2. The summed E-state index contributed by atoms with van der Waals surface area (Å²) < 4.78 is 0. The molecular weight excluding hydrogens is 178 g/mol. The molecule has 0 aliphatic heterocycles. The zero-order valence-corrected chi connectivity index (χ0v) is 10.8. The Balaban J connectivity index is 0. The van der Waals surface area contributed by atoms with Crippen LogP contribution in [0, 0.1) is 6.10 Å². The number of aliphatic hydroxyl groups excluding tert-OH is 1. The zero-order chi connectivity index (χ0) is 6.08. The summed E-state index contributed by atoms with van der Waals surface area (Å²) in [4.78, 5) is 0. The molecule has 2 nitrogen and oxygen atoms in total. The second-order valence-electron chi connectivity index (χ2n) is 2.14. The predicted molar refractivity (Wildman–Crippen MR) is 27.2 cm³/mol. The van der Waals surface area contributed by atoms with Gasteiger partial charge in [0.2, 0.25) is 0 Å². The van der Waals surface area contributed by atoms with E-state index in [0.29, 0.717) is 0 Å². The van der Waals surface area contributed by atoms with Crippen LogP contribution in [0.1, 0.15) is 20.8 Å². The smallest absolute Gasteiger partial charge is 0.560 e. The van der Waals surface area contributed by atoms with Gasteiger partial charge >= 0.3 is 58.2 Å². The molecule has 0 aliphatic carbocycles. The van der Waals surface area contributed by atoms with Gasteiger partial charge in [-0.25, -0.2) is 0 Å². The third-order valence-corrected chi connectivity index (χ3v) is 0.885. The molecule has 0 aliphatic rings. The molecule has 0 aromatic heterocycles. The molecule has 0 spiro atoms. The molecule has 0 unspecified atom stereocenters. The van der Waals surface area contributed by atoms with Crippen LogP contribution >= 0.6 is 0 Å². The number of rotatable bonds is 1. The maximum absolute atomic E-state index is 8.81. The SMILES string of the molecule is C[C-](O)C(C)(C)O.[Rb+]. The van der Waals surface area contributed by atoms with Crippen LogP contribution in [-0.2, 0) is 0 Å². The summed E-state index contributed by atoms with van der Waals surface area (Å²) in [6.45, 7) is 4.53. The van der Waals surface area contributed by atoms with E-state index in [2.05, 4.69) is 0 Å². The summed E-state index contributed by atoms with van der Waals surface area (Å²) in [5, 5.41) is 17.4. The van der Waals surface area contributed by atoms with Gasteiger partial charge in [-0.2, -0.15) is 13.0 Å². The summed E-state index contributed by atoms with van der Waals surface area (Å²) in [6.07, 6.45) is 0.0486. The average Bonchev–Trinajstić information content (AvgIpc) is 1.31. The largest absolute Gasteiger partial charge is 1.00 e. The van der Waals surface area contributed by atoms with Crippen molar-refractivity contribution in [3.63, 3.8) is 0 Å². The van der Waals surface area contributed by atoms with Crippen molar-refractivity contribution in [2.24, 2.45) is 0 Å². The normalized spacial score (nSPS) is 11.2. The van der Waals surface area contributed by atoms with Gasteiger partial charge in [-0.05, 0) is 5.60 Å². The molecule has 8 heavy (non-hydrogen) atoms. The van der Waals surface area contributed by atoms with Gasteiger partial charge < -0.3 is 10.2 Å². The van der Waals surface area contributed by atoms with Crippen LogP contribution in [0.4, 0.5) is 0 Å². The van der Waals surface area contributed by atoms with Crippen LogP contribution in [0.25, 0.3) is 0 Å². The molecule has 0 atom stereocenters. The molecule has 0 bridgehead atoms. The number of hydrogen-bond acceptors (Lipinski definition) is 2. The third kappa shape index (κ3) is 5.85. The van der Waals surface area contributed by atoms with E-state index in [4.69, 9.17) is 10.2 Å². The Morgan fingerprint density at radius 2 is 1.50 bits per heavy atom. The minimum atomic E-state index is -1.03. The Kier molecular flexibility index (Phi) is 7.02. The molecule has 0 saturated carbocycles. The standard InChI is InChI=1S/C5H11O2.Rb/c1-4(6)5(2,3)7;/h6-7H,1-3H3;/q-1;+1. The topological polar surface area (TPSA) is 40.5 Å². The molecule has 44 valence electrons. The van der Waals surface area contributed by atoms with Crippen LogP contribution < -0.4 is 58.2 Å². The second-order valence-corrected chi connectivity index (χ2v) is 2.14. The fourth-order valence-corrected chi connectivity index (χ4v) is 0. The Bertz CT molecular complexity index is 55.9. The fourth-order valence-electron chi connectivity index (χ4n) is 0. The molecule has 0 aromatic carbocycles. The van der Waals surface area contributed by atoms with Crippen LogP contribution in [0.3, 0.4) is 0 Å². The summed E-state index contributed by atoms with van der Waals surface area (Å²) >= 11 is 0. The van der Waals surface area contributed by atoms with Crippen molar-refractivity contribution in [3.8, 4) is 0 Å². The fraction of sp³-hybridized carbons (Fsp3) is 0.800. The van der Waals surface area contributed by atoms with Crippen molar-refractivity contribution >= 4 is 0 Å². The molecule has 2 N–H and O–H groups in total. The maximum Gasteiger partial charge on any atom is 1.00 e. The van der Waals surface area contributed by atoms with Crippen molar-refractivity contribution in [1.29, 1.82) is 0 Å². The molecule has 0 fully saturated rings. The van der Waals surface area contributed by atoms with Crippen molar-refractivity contribution in [2.45, 2.75) is 26.4 Å². The first-order valence-corrected chi connectivity index (χ1v) is 2.20. The van der Waals surface area contributed by atoms with E-state index in [1.807, 2.05) is 0 Å². The minimum Gasteiger partial charge on any atom is -0.560 e. The number of hydrogen-bond donors (Lipinski definition) is 2. The third-order valence-electron chi connectivity index (χ3n) is 0.885. The van der Waals surface area contributed by atoms with Gasteiger partial charge in [0.05, 0.1) is 0 Å². The van der Waals surface area contributed by atoms with Crippen LogP contribution in [0.2, 0.25) is 0 Å². The summed E-state index contributed by atoms with van der Waals surface area (Å²) in [7, 11) is 0. The molecule has 0 amide bonds. The van der Waals surface area contributed by atoms with E-state index < -0.39 is 5.60 Å². The van der Waals surface area contributed by atoms with Gasteiger partial charge in [0.15, 0.2) is 0 Å². The Morgan fingerprint density at radius 3 is 1.50 bits per heavy atom. The quantitative estimate of drug-likeness (QED) is 0.454. The molecular formula is C5H11O2Rb. The Hall–Kier alpha value is 1.73. The van der Waals surface area contributed by atoms with E-state index in [9.17, 15) is 0 Å². The van der Waals surface area contributed by atoms with Crippen LogP contribution in [0.15, 0.2) is 0 Å². The van der Waals surface area contributed by atoms with Gasteiger partial charge in [-0.1, -0.05) is 13.8 Å². The van der Waals surface area contributed by atoms with E-state index >= 15 is 0 Å². The molecule has 0 saturated heterocycles. The maximum atomic E-state index is 8.81. The molecule has 0 rings (SSSR count). The van der Waals surface area contributed by atoms with E-state index in [-0.39, 0.29) is 64.3 Å². The minimum absolute atomic E-state index is 0. The van der Waals surface area contributed by atoms with Crippen molar-refractivity contribution < 1.29 is 68.4 Å². The van der Waals surface area contributed by atoms with Gasteiger partial charge in [0, 0.05) is 0 Å². The first kappa shape index (κ1) is 12.4. The van der Waals surface area contributed by atoms with Gasteiger partial charge in [-0.15, -0.1) is 0 Å². The Morgan fingerprint density at radius 1 is 1.38 bits per heavy atom. The van der Waals surface area contributed by atoms with Gasteiger partial charge in [-0.3, -0.25) is 0 Å². The molecule has 0 heterocycles. The predicted octanol–water partition coefficient (Wildman–Crippen LogP) is -2.31. The molecule has 0 radical (unpaired) electrons. The van der Waals surface area contributed by atoms with Crippen LogP contribution in [-0.4, -0.2) is 15.8 Å². The first-order valence-electron chi connectivity index (χ1n) is 2.20. The second kappa shape index (κ2) is 4.53. The van der Waals surface area contributed by atoms with Crippen molar-refractivity contribution in [3.05, 3.63) is 6.10 Å². The summed E-state index contributed by atoms with van der Waals surface area (Å²) in [5.74, 6) is 0. The first-order chi connectivity index (χ1) is 2.94. The van der Waals surface area contributed by atoms with E-state index in [1.54, 1.807) is 0 Å². The van der Waals surface area contributed by atoms with E-state index in [0.717, 1.165) is 0 Å². The monoisotopic (exact) mass is 188 g/mol. The zero-order valence-electron chi connectivity index (χ0n) is 5.89. The summed E-state index contributed by atoms with van der Waals surface area (Å²) in [5.41, 5.74) is -1.03. The molecule has 3 heteroatoms. The van der Waals surface area contributed by atoms with E-state index in [1.165, 1.54) is 20.8 Å². The van der Waals surface area contributed by atoms with Gasteiger partial charge in [0.1, 0.15) is 0 Å². The van der Waals surface area contributed by atoms with Crippen molar-refractivity contribution in [1.82, 2.24) is 0 Å². The average molecular weight is 189 g/mol. The van der Waals surface area contributed by atoms with Gasteiger partial charge in [0.25, 0.3) is 0 Å². The van der Waals surface area contributed by atoms with Crippen molar-refractivity contribution in [2.75, 3.05) is 0 Å². The summed E-state index contributed by atoms with van der Waals surface area (Å²) in [6, 6.07) is 0.